The van der Waals surface area contributed by atoms with Gasteiger partial charge in [0.1, 0.15) is 5.82 Å². The Morgan fingerprint density at radius 2 is 2.05 bits per heavy atom. The smallest absolute Gasteiger partial charge is 0.231 e. The number of aryl methyl sites for hydroxylation is 1. The number of nitrogens with zero attached hydrogens (tertiary/aromatic N) is 3. The quantitative estimate of drug-likeness (QED) is 0.918. The van der Waals surface area contributed by atoms with Crippen LogP contribution in [0.5, 0.6) is 11.5 Å². The van der Waals surface area contributed by atoms with Crippen molar-refractivity contribution in [3.05, 3.63) is 35.5 Å². The van der Waals surface area contributed by atoms with Crippen LogP contribution in [0.4, 0.5) is 11.8 Å². The van der Waals surface area contributed by atoms with E-state index in [4.69, 9.17) is 15.2 Å². The number of nitrogen functional groups attached to an aromatic ring is 1. The van der Waals surface area contributed by atoms with Gasteiger partial charge >= 0.3 is 0 Å². The first kappa shape index (κ1) is 13.2. The van der Waals surface area contributed by atoms with Crippen molar-refractivity contribution < 1.29 is 9.47 Å². The molecule has 4 rings (SSSR count). The highest BCUT2D eigenvalue weighted by molar-refractivity contribution is 5.51. The number of aromatic nitrogens is 2. The SMILES string of the molecule is Cc1cc(N2CCCC2c2ccc3c(c2)OCO3)nc(N)n1. The van der Waals surface area contributed by atoms with E-state index in [1.165, 1.54) is 5.56 Å². The largest absolute Gasteiger partial charge is 0.454 e. The number of ether oxygens (including phenoxy) is 2. The lowest BCUT2D eigenvalue weighted by atomic mass is 10.0. The van der Waals surface area contributed by atoms with Crippen LogP contribution >= 0.6 is 0 Å². The average Bonchev–Trinajstić information content (AvgIpc) is 3.14. The minimum absolute atomic E-state index is 0.281. The molecular formula is C16H18N4O2. The number of benzene rings is 1. The van der Waals surface area contributed by atoms with E-state index in [1.807, 2.05) is 19.1 Å². The van der Waals surface area contributed by atoms with Gasteiger partial charge in [0, 0.05) is 18.3 Å². The van der Waals surface area contributed by atoms with Crippen molar-refractivity contribution >= 4 is 11.8 Å². The maximum atomic E-state index is 5.80. The van der Waals surface area contributed by atoms with Crippen LogP contribution in [0.25, 0.3) is 0 Å². The molecule has 2 N–H and O–H groups in total. The Kier molecular flexibility index (Phi) is 3.03. The first-order chi connectivity index (χ1) is 10.7. The Morgan fingerprint density at radius 3 is 2.91 bits per heavy atom. The van der Waals surface area contributed by atoms with Gasteiger partial charge in [-0.05, 0) is 37.5 Å². The van der Waals surface area contributed by atoms with Gasteiger partial charge in [-0.25, -0.2) is 4.98 Å². The normalized spacial score (nSPS) is 19.7. The summed E-state index contributed by atoms with van der Waals surface area (Å²) in [6.45, 7) is 3.21. The molecule has 0 spiro atoms. The molecule has 1 unspecified atom stereocenters. The molecule has 1 aromatic carbocycles. The second kappa shape index (κ2) is 5.05. The summed E-state index contributed by atoms with van der Waals surface area (Å²) >= 11 is 0. The zero-order chi connectivity index (χ0) is 15.1. The van der Waals surface area contributed by atoms with Crippen molar-refractivity contribution in [2.24, 2.45) is 0 Å². The second-order valence-corrected chi connectivity index (χ2v) is 5.69. The van der Waals surface area contributed by atoms with Crippen LogP contribution in [0, 0.1) is 6.92 Å². The first-order valence-electron chi connectivity index (χ1n) is 7.48. The topological polar surface area (TPSA) is 73.5 Å². The number of nitrogens with two attached hydrogens (primary N) is 1. The molecule has 0 radical (unpaired) electrons. The number of hydrogen-bond acceptors (Lipinski definition) is 6. The molecule has 2 aliphatic heterocycles. The van der Waals surface area contributed by atoms with Crippen molar-refractivity contribution in [1.82, 2.24) is 9.97 Å². The molecule has 114 valence electrons. The Morgan fingerprint density at radius 1 is 1.18 bits per heavy atom. The fourth-order valence-corrected chi connectivity index (χ4v) is 3.23. The summed E-state index contributed by atoms with van der Waals surface area (Å²) in [5.74, 6) is 2.86. The van der Waals surface area contributed by atoms with Crippen LogP contribution in [0.1, 0.15) is 30.1 Å². The summed E-state index contributed by atoms with van der Waals surface area (Å²) in [7, 11) is 0. The van der Waals surface area contributed by atoms with E-state index in [0.29, 0.717) is 12.7 Å². The van der Waals surface area contributed by atoms with Gasteiger partial charge in [0.15, 0.2) is 11.5 Å². The van der Waals surface area contributed by atoms with Crippen LogP contribution in [0.3, 0.4) is 0 Å². The first-order valence-corrected chi connectivity index (χ1v) is 7.48. The third kappa shape index (κ3) is 2.20. The molecule has 2 aliphatic rings. The molecule has 3 heterocycles. The number of hydrogen-bond donors (Lipinski definition) is 1. The highest BCUT2D eigenvalue weighted by Gasteiger charge is 2.29. The Balaban J connectivity index is 1.69. The minimum Gasteiger partial charge on any atom is -0.454 e. The molecule has 2 aromatic rings. The molecule has 6 heteroatoms. The van der Waals surface area contributed by atoms with E-state index < -0.39 is 0 Å². The molecule has 1 fully saturated rings. The summed E-state index contributed by atoms with van der Waals surface area (Å²) in [5.41, 5.74) is 7.91. The van der Waals surface area contributed by atoms with Crippen LogP contribution in [0.2, 0.25) is 0 Å². The fourth-order valence-electron chi connectivity index (χ4n) is 3.23. The zero-order valence-corrected chi connectivity index (χ0v) is 12.5. The summed E-state index contributed by atoms with van der Waals surface area (Å²) in [5, 5.41) is 0. The van der Waals surface area contributed by atoms with Gasteiger partial charge in [-0.15, -0.1) is 0 Å². The molecule has 0 saturated carbocycles. The molecule has 1 saturated heterocycles. The van der Waals surface area contributed by atoms with Gasteiger partial charge in [-0.1, -0.05) is 6.07 Å². The Bertz CT molecular complexity index is 699. The van der Waals surface area contributed by atoms with E-state index in [2.05, 4.69) is 27.0 Å². The number of fused-ring (bicyclic) bond motifs is 1. The summed E-state index contributed by atoms with van der Waals surface area (Å²) in [6, 6.07) is 8.43. The molecule has 0 amide bonds. The van der Waals surface area contributed by atoms with Gasteiger partial charge in [-0.3, -0.25) is 0 Å². The lowest BCUT2D eigenvalue weighted by Crippen LogP contribution is -2.24. The van der Waals surface area contributed by atoms with Gasteiger partial charge in [0.25, 0.3) is 0 Å². The second-order valence-electron chi connectivity index (χ2n) is 5.69. The van der Waals surface area contributed by atoms with E-state index in [0.717, 1.165) is 42.4 Å². The molecule has 1 aromatic heterocycles. The van der Waals surface area contributed by atoms with E-state index >= 15 is 0 Å². The van der Waals surface area contributed by atoms with Crippen molar-refractivity contribution in [2.75, 3.05) is 24.0 Å². The van der Waals surface area contributed by atoms with E-state index in [-0.39, 0.29) is 6.04 Å². The minimum atomic E-state index is 0.281. The van der Waals surface area contributed by atoms with Crippen LogP contribution in [-0.2, 0) is 0 Å². The van der Waals surface area contributed by atoms with Crippen molar-refractivity contribution in [2.45, 2.75) is 25.8 Å². The summed E-state index contributed by atoms with van der Waals surface area (Å²) in [6.07, 6.45) is 2.21. The molecule has 0 bridgehead atoms. The lowest BCUT2D eigenvalue weighted by Gasteiger charge is -2.26. The highest BCUT2D eigenvalue weighted by atomic mass is 16.7. The summed E-state index contributed by atoms with van der Waals surface area (Å²) in [4.78, 5) is 10.8. The molecule has 22 heavy (non-hydrogen) atoms. The van der Waals surface area contributed by atoms with Gasteiger partial charge in [0.2, 0.25) is 12.7 Å². The Hall–Kier alpha value is -2.50. The zero-order valence-electron chi connectivity index (χ0n) is 12.5. The maximum absolute atomic E-state index is 5.80. The van der Waals surface area contributed by atoms with Gasteiger partial charge in [-0.2, -0.15) is 4.98 Å². The third-order valence-electron chi connectivity index (χ3n) is 4.19. The molecule has 0 aliphatic carbocycles. The fraction of sp³-hybridized carbons (Fsp3) is 0.375. The standard InChI is InChI=1S/C16H18N4O2/c1-10-7-15(19-16(17)18-10)20-6-2-3-12(20)11-4-5-13-14(8-11)22-9-21-13/h4-5,7-8,12H,2-3,6,9H2,1H3,(H2,17,18,19). The van der Waals surface area contributed by atoms with Crippen molar-refractivity contribution in [1.29, 1.82) is 0 Å². The predicted octanol–water partition coefficient (Wildman–Crippen LogP) is 2.44. The third-order valence-corrected chi connectivity index (χ3v) is 4.19. The molecule has 1 atom stereocenters. The van der Waals surface area contributed by atoms with Crippen molar-refractivity contribution in [3.63, 3.8) is 0 Å². The van der Waals surface area contributed by atoms with Gasteiger partial charge < -0.3 is 20.1 Å². The molecular weight excluding hydrogens is 280 g/mol. The predicted molar refractivity (Wildman–Crippen MR) is 83.1 cm³/mol. The average molecular weight is 298 g/mol. The van der Waals surface area contributed by atoms with Crippen LogP contribution < -0.4 is 20.1 Å². The van der Waals surface area contributed by atoms with Gasteiger partial charge in [0.05, 0.1) is 6.04 Å². The molecule has 6 nitrogen and oxygen atoms in total. The maximum Gasteiger partial charge on any atom is 0.231 e. The van der Waals surface area contributed by atoms with Crippen molar-refractivity contribution in [3.8, 4) is 11.5 Å². The lowest BCUT2D eigenvalue weighted by molar-refractivity contribution is 0.174. The van der Waals surface area contributed by atoms with E-state index in [9.17, 15) is 0 Å². The highest BCUT2D eigenvalue weighted by Crippen LogP contribution is 2.40. The Labute approximate surface area is 128 Å². The monoisotopic (exact) mass is 298 g/mol. The van der Waals surface area contributed by atoms with Crippen LogP contribution in [-0.4, -0.2) is 23.3 Å². The van der Waals surface area contributed by atoms with E-state index in [1.54, 1.807) is 0 Å². The number of anilines is 2. The van der Waals surface area contributed by atoms with Crippen LogP contribution in [0.15, 0.2) is 24.3 Å². The number of rotatable bonds is 2. The summed E-state index contributed by atoms with van der Waals surface area (Å²) < 4.78 is 10.9.